The zero-order valence-electron chi connectivity index (χ0n) is 12.1. The van der Waals surface area contributed by atoms with Crippen LogP contribution in [0.5, 0.6) is 0 Å². The number of aryl methyl sites for hydroxylation is 1. The lowest BCUT2D eigenvalue weighted by atomic mass is 10.1. The fourth-order valence-corrected chi connectivity index (χ4v) is 3.00. The maximum atomic E-state index is 12.0. The van der Waals surface area contributed by atoms with Crippen molar-refractivity contribution in [2.45, 2.75) is 19.8 Å². The topological polar surface area (TPSA) is 55.4 Å². The monoisotopic (exact) mass is 337 g/mol. The molecule has 4 nitrogen and oxygen atoms in total. The summed E-state index contributed by atoms with van der Waals surface area (Å²) in [4.78, 5) is 24.9. The van der Waals surface area contributed by atoms with Crippen molar-refractivity contribution in [3.8, 4) is 0 Å². The molecular weight excluding hydrogens is 322 g/mol. The molecule has 0 saturated carbocycles. The first-order chi connectivity index (χ1) is 10.6. The van der Waals surface area contributed by atoms with Gasteiger partial charge in [-0.25, -0.2) is 4.79 Å². The molecule has 1 aromatic carbocycles. The van der Waals surface area contributed by atoms with E-state index < -0.39 is 5.97 Å². The van der Waals surface area contributed by atoms with Gasteiger partial charge in [0.25, 0.3) is 0 Å². The van der Waals surface area contributed by atoms with Crippen molar-refractivity contribution < 1.29 is 14.3 Å². The highest BCUT2D eigenvalue weighted by atomic mass is 35.5. The van der Waals surface area contributed by atoms with E-state index in [0.29, 0.717) is 35.0 Å². The molecule has 22 heavy (non-hydrogen) atoms. The van der Waals surface area contributed by atoms with E-state index in [1.165, 1.54) is 11.3 Å². The van der Waals surface area contributed by atoms with Crippen LogP contribution in [0.25, 0.3) is 0 Å². The molecule has 2 rings (SSSR count). The zero-order chi connectivity index (χ0) is 15.9. The minimum atomic E-state index is -0.441. The van der Waals surface area contributed by atoms with Crippen molar-refractivity contribution in [1.29, 1.82) is 0 Å². The summed E-state index contributed by atoms with van der Waals surface area (Å²) in [5.41, 5.74) is 0.826. The molecule has 1 N–H and O–H groups in total. The molecule has 1 aromatic heterocycles. The first-order valence-electron chi connectivity index (χ1n) is 6.90. The highest BCUT2D eigenvalue weighted by Crippen LogP contribution is 2.23. The Bertz CT molecular complexity index is 669. The third-order valence-electron chi connectivity index (χ3n) is 2.92. The van der Waals surface area contributed by atoms with Gasteiger partial charge in [-0.3, -0.25) is 4.79 Å². The third kappa shape index (κ3) is 4.58. The highest BCUT2D eigenvalue weighted by molar-refractivity contribution is 7.16. The van der Waals surface area contributed by atoms with Crippen LogP contribution in [0.3, 0.4) is 0 Å². The molecule has 1 heterocycles. The summed E-state index contributed by atoms with van der Waals surface area (Å²) in [6, 6.07) is 10.5. The number of benzene rings is 1. The van der Waals surface area contributed by atoms with E-state index in [2.05, 4.69) is 5.32 Å². The number of carbonyl (C=O) groups excluding carboxylic acids is 2. The number of hydrogen-bond acceptors (Lipinski definition) is 4. The fraction of sp³-hybridized carbons (Fsp3) is 0.250. The molecule has 0 atom stereocenters. The average Bonchev–Trinajstić information content (AvgIpc) is 2.91. The number of hydrogen-bond donors (Lipinski definition) is 1. The largest absolute Gasteiger partial charge is 0.462 e. The molecule has 6 heteroatoms. The van der Waals surface area contributed by atoms with E-state index in [1.807, 2.05) is 12.1 Å². The first-order valence-corrected chi connectivity index (χ1v) is 8.09. The van der Waals surface area contributed by atoms with E-state index in [1.54, 1.807) is 31.2 Å². The van der Waals surface area contributed by atoms with Crippen molar-refractivity contribution in [2.75, 3.05) is 11.9 Å². The Morgan fingerprint density at radius 2 is 2.00 bits per heavy atom. The summed E-state index contributed by atoms with van der Waals surface area (Å²) in [6.07, 6.45) is 0.943. The lowest BCUT2D eigenvalue weighted by Gasteiger charge is -2.10. The number of para-hydroxylation sites is 1. The minimum absolute atomic E-state index is 0.152. The van der Waals surface area contributed by atoms with Crippen LogP contribution in [-0.2, 0) is 16.0 Å². The van der Waals surface area contributed by atoms with E-state index in [-0.39, 0.29) is 5.91 Å². The Kier molecular flexibility index (Phi) is 5.98. The van der Waals surface area contributed by atoms with E-state index in [9.17, 15) is 9.59 Å². The molecule has 0 saturated heterocycles. The molecular formula is C16H16ClNO3S. The summed E-state index contributed by atoms with van der Waals surface area (Å²) in [6.45, 7) is 2.03. The zero-order valence-corrected chi connectivity index (χ0v) is 13.7. The molecule has 2 aromatic rings. The summed E-state index contributed by atoms with van der Waals surface area (Å²) in [5.74, 6) is -0.593. The molecule has 0 fully saturated rings. The lowest BCUT2D eigenvalue weighted by Crippen LogP contribution is -2.16. The molecule has 0 unspecified atom stereocenters. The molecule has 0 spiro atoms. The average molecular weight is 338 g/mol. The van der Waals surface area contributed by atoms with Gasteiger partial charge in [0.2, 0.25) is 5.91 Å². The number of ether oxygens (including phenoxy) is 1. The van der Waals surface area contributed by atoms with Gasteiger partial charge < -0.3 is 10.1 Å². The Labute approximate surface area is 138 Å². The van der Waals surface area contributed by atoms with Crippen LogP contribution in [0.4, 0.5) is 5.69 Å². The maximum Gasteiger partial charge on any atom is 0.340 e. The van der Waals surface area contributed by atoms with Gasteiger partial charge in [0, 0.05) is 11.3 Å². The van der Waals surface area contributed by atoms with E-state index in [0.717, 1.165) is 4.88 Å². The normalized spacial score (nSPS) is 10.3. The third-order valence-corrected chi connectivity index (χ3v) is 4.21. The van der Waals surface area contributed by atoms with Gasteiger partial charge in [0.05, 0.1) is 22.2 Å². The van der Waals surface area contributed by atoms with Crippen molar-refractivity contribution >= 4 is 40.5 Å². The number of esters is 1. The summed E-state index contributed by atoms with van der Waals surface area (Å²) in [7, 11) is 0. The van der Waals surface area contributed by atoms with Crippen LogP contribution in [-0.4, -0.2) is 18.5 Å². The van der Waals surface area contributed by atoms with Crippen LogP contribution < -0.4 is 5.32 Å². The number of carbonyl (C=O) groups is 2. The summed E-state index contributed by atoms with van der Waals surface area (Å²) in [5, 5.41) is 2.76. The quantitative estimate of drug-likeness (QED) is 0.806. The molecule has 0 aliphatic heterocycles. The Morgan fingerprint density at radius 3 is 2.68 bits per heavy atom. The van der Waals surface area contributed by atoms with Gasteiger partial charge in [0.1, 0.15) is 0 Å². The van der Waals surface area contributed by atoms with Crippen LogP contribution in [0.15, 0.2) is 36.4 Å². The predicted octanol–water partition coefficient (Wildman–Crippen LogP) is 4.15. The van der Waals surface area contributed by atoms with Crippen LogP contribution in [0.2, 0.25) is 4.34 Å². The standard InChI is InChI=1S/C16H16ClNO3S/c1-2-21-16(20)12-5-3-4-6-13(12)18-15(19)10-8-11-7-9-14(17)22-11/h3-7,9H,2,8,10H2,1H3,(H,18,19). The lowest BCUT2D eigenvalue weighted by molar-refractivity contribution is -0.116. The number of anilines is 1. The van der Waals surface area contributed by atoms with Crippen LogP contribution >= 0.6 is 22.9 Å². The first kappa shape index (κ1) is 16.5. The van der Waals surface area contributed by atoms with Gasteiger partial charge >= 0.3 is 5.97 Å². The van der Waals surface area contributed by atoms with Crippen molar-refractivity contribution in [1.82, 2.24) is 0 Å². The van der Waals surface area contributed by atoms with E-state index >= 15 is 0 Å². The molecule has 0 bridgehead atoms. The SMILES string of the molecule is CCOC(=O)c1ccccc1NC(=O)CCc1ccc(Cl)s1. The number of rotatable bonds is 6. The number of amides is 1. The number of thiophene rings is 1. The van der Waals surface area contributed by atoms with Gasteiger partial charge in [-0.2, -0.15) is 0 Å². The van der Waals surface area contributed by atoms with Gasteiger partial charge in [0.15, 0.2) is 0 Å². The van der Waals surface area contributed by atoms with Crippen molar-refractivity contribution in [3.05, 3.63) is 51.2 Å². The van der Waals surface area contributed by atoms with Crippen LogP contribution in [0, 0.1) is 0 Å². The maximum absolute atomic E-state index is 12.0. The second-order valence-corrected chi connectivity index (χ2v) is 6.32. The Morgan fingerprint density at radius 1 is 1.23 bits per heavy atom. The summed E-state index contributed by atoms with van der Waals surface area (Å²) < 4.78 is 5.69. The Hall–Kier alpha value is -1.85. The smallest absolute Gasteiger partial charge is 0.340 e. The second kappa shape index (κ2) is 7.96. The van der Waals surface area contributed by atoms with E-state index in [4.69, 9.17) is 16.3 Å². The molecule has 116 valence electrons. The van der Waals surface area contributed by atoms with Gasteiger partial charge in [-0.15, -0.1) is 11.3 Å². The molecule has 0 aliphatic carbocycles. The molecule has 0 aliphatic rings. The van der Waals surface area contributed by atoms with Gasteiger partial charge in [-0.1, -0.05) is 23.7 Å². The Balaban J connectivity index is 1.97. The number of nitrogens with one attached hydrogen (secondary N) is 1. The van der Waals surface area contributed by atoms with Crippen molar-refractivity contribution in [3.63, 3.8) is 0 Å². The molecule has 1 amide bonds. The molecule has 0 radical (unpaired) electrons. The number of halogens is 1. The van der Waals surface area contributed by atoms with Crippen LogP contribution in [0.1, 0.15) is 28.6 Å². The predicted molar refractivity (Wildman–Crippen MR) is 88.7 cm³/mol. The van der Waals surface area contributed by atoms with Crippen molar-refractivity contribution in [2.24, 2.45) is 0 Å². The second-order valence-electron chi connectivity index (χ2n) is 4.52. The summed E-state index contributed by atoms with van der Waals surface area (Å²) >= 11 is 7.32. The highest BCUT2D eigenvalue weighted by Gasteiger charge is 2.14. The fourth-order valence-electron chi connectivity index (χ4n) is 1.91. The minimum Gasteiger partial charge on any atom is -0.462 e. The van der Waals surface area contributed by atoms with Gasteiger partial charge in [-0.05, 0) is 37.6 Å².